The zero-order chi connectivity index (χ0) is 43.6. The van der Waals surface area contributed by atoms with Gasteiger partial charge in [0, 0.05) is 36.9 Å². The molecule has 12 aromatic rings. The molecule has 0 radical (unpaired) electrons. The number of rotatable bonds is 7. The first-order chi connectivity index (χ1) is 32.7. The van der Waals surface area contributed by atoms with Gasteiger partial charge in [-0.05, 0) is 103 Å². The van der Waals surface area contributed by atoms with Crippen molar-refractivity contribution in [2.24, 2.45) is 0 Å². The summed E-state index contributed by atoms with van der Waals surface area (Å²) in [5.74, 6) is 0.688. The molecule has 2 heterocycles. The van der Waals surface area contributed by atoms with E-state index in [4.69, 9.17) is 9.97 Å². The Kier molecular flexibility index (Phi) is 8.97. The number of aromatic nitrogens is 2. The molecule has 66 heavy (non-hydrogen) atoms. The molecular formula is C63H40N2S. The van der Waals surface area contributed by atoms with Crippen LogP contribution < -0.4 is 0 Å². The Morgan fingerprint density at radius 1 is 0.318 bits per heavy atom. The van der Waals surface area contributed by atoms with Crippen LogP contribution in [0.15, 0.2) is 243 Å². The Hall–Kier alpha value is -8.24. The van der Waals surface area contributed by atoms with E-state index in [1.54, 1.807) is 0 Å². The summed E-state index contributed by atoms with van der Waals surface area (Å²) in [7, 11) is 0. The summed E-state index contributed by atoms with van der Waals surface area (Å²) in [5.41, 5.74) is 16.5. The van der Waals surface area contributed by atoms with E-state index in [0.29, 0.717) is 5.82 Å². The van der Waals surface area contributed by atoms with Gasteiger partial charge in [-0.25, -0.2) is 9.97 Å². The van der Waals surface area contributed by atoms with Crippen LogP contribution in [-0.4, -0.2) is 9.97 Å². The van der Waals surface area contributed by atoms with Gasteiger partial charge >= 0.3 is 0 Å². The standard InChI is InChI=1S/C63H40N2S/c1-4-19-42(20-5-1)62-64-58(43-34-35-53-52-27-12-14-32-56(52)63(57(53)39-43,47-22-6-2-7-23-47)48-24-8-3-9-25-48)40-59(65-62)46-37-44(50-29-16-21-41-18-10-11-26-49(41)50)36-45(38-46)51-30-17-31-55-54-28-13-15-33-60(54)66-61(51)55/h1-40H. The number of fused-ring (bicyclic) bond motifs is 7. The Morgan fingerprint density at radius 2 is 0.864 bits per heavy atom. The van der Waals surface area contributed by atoms with Gasteiger partial charge in [-0.15, -0.1) is 11.3 Å². The number of benzene rings is 10. The second kappa shape index (κ2) is 15.5. The van der Waals surface area contributed by atoms with Crippen molar-refractivity contribution in [2.45, 2.75) is 5.41 Å². The van der Waals surface area contributed by atoms with Crippen LogP contribution in [-0.2, 0) is 5.41 Å². The minimum absolute atomic E-state index is 0.530. The number of thiophene rings is 1. The fraction of sp³-hybridized carbons (Fsp3) is 0.0159. The van der Waals surface area contributed by atoms with Crippen LogP contribution in [0.3, 0.4) is 0 Å². The van der Waals surface area contributed by atoms with Crippen LogP contribution in [0.4, 0.5) is 0 Å². The fourth-order valence-electron chi connectivity index (χ4n) is 10.6. The smallest absolute Gasteiger partial charge is 0.160 e. The Labute approximate surface area is 387 Å². The molecule has 1 aliphatic rings. The van der Waals surface area contributed by atoms with Crippen molar-refractivity contribution in [1.29, 1.82) is 0 Å². The summed E-state index contributed by atoms with van der Waals surface area (Å²) < 4.78 is 2.58. The van der Waals surface area contributed by atoms with Gasteiger partial charge in [0.15, 0.2) is 5.82 Å². The molecule has 3 heteroatoms. The lowest BCUT2D eigenvalue weighted by Gasteiger charge is -2.34. The molecular weight excluding hydrogens is 817 g/mol. The van der Waals surface area contributed by atoms with Crippen LogP contribution in [0.2, 0.25) is 0 Å². The van der Waals surface area contributed by atoms with Gasteiger partial charge < -0.3 is 0 Å². The SMILES string of the molecule is c1ccc(-c2nc(-c3cc(-c4cccc5ccccc45)cc(-c4cccc5c4sc4ccccc45)c3)cc(-c3ccc4c(c3)C(c3ccccc3)(c3ccccc3)c3ccccc3-4)n2)cc1. The maximum absolute atomic E-state index is 5.45. The van der Waals surface area contributed by atoms with Crippen molar-refractivity contribution < 1.29 is 0 Å². The van der Waals surface area contributed by atoms with Crippen molar-refractivity contribution in [3.8, 4) is 67.3 Å². The van der Waals surface area contributed by atoms with Crippen molar-refractivity contribution in [1.82, 2.24) is 9.97 Å². The van der Waals surface area contributed by atoms with E-state index in [-0.39, 0.29) is 0 Å². The maximum atomic E-state index is 5.45. The third kappa shape index (κ3) is 6.09. The zero-order valence-corrected chi connectivity index (χ0v) is 36.7. The van der Waals surface area contributed by atoms with E-state index in [0.717, 1.165) is 39.2 Å². The molecule has 0 amide bonds. The number of nitrogens with zero attached hydrogens (tertiary/aromatic N) is 2. The van der Waals surface area contributed by atoms with Crippen molar-refractivity contribution in [2.75, 3.05) is 0 Å². The summed E-state index contributed by atoms with van der Waals surface area (Å²) in [5, 5.41) is 5.00. The average molecular weight is 857 g/mol. The highest BCUT2D eigenvalue weighted by atomic mass is 32.1. The van der Waals surface area contributed by atoms with Crippen molar-refractivity contribution >= 4 is 42.3 Å². The van der Waals surface area contributed by atoms with Gasteiger partial charge in [0.05, 0.1) is 16.8 Å². The highest BCUT2D eigenvalue weighted by molar-refractivity contribution is 7.26. The van der Waals surface area contributed by atoms with E-state index >= 15 is 0 Å². The van der Waals surface area contributed by atoms with Gasteiger partial charge in [0.1, 0.15) is 0 Å². The summed E-state index contributed by atoms with van der Waals surface area (Å²) in [6.45, 7) is 0. The lowest BCUT2D eigenvalue weighted by Crippen LogP contribution is -2.28. The Balaban J connectivity index is 1.06. The summed E-state index contributed by atoms with van der Waals surface area (Å²) in [6, 6.07) is 88.3. The van der Waals surface area contributed by atoms with Crippen LogP contribution in [0, 0.1) is 0 Å². The monoisotopic (exact) mass is 856 g/mol. The third-order valence-electron chi connectivity index (χ3n) is 13.6. The third-order valence-corrected chi connectivity index (χ3v) is 14.8. The molecule has 0 saturated carbocycles. The zero-order valence-electron chi connectivity index (χ0n) is 35.9. The highest BCUT2D eigenvalue weighted by Gasteiger charge is 2.46. The second-order valence-electron chi connectivity index (χ2n) is 17.2. The van der Waals surface area contributed by atoms with Crippen molar-refractivity contribution in [3.05, 3.63) is 265 Å². The van der Waals surface area contributed by atoms with E-state index < -0.39 is 5.41 Å². The summed E-state index contributed by atoms with van der Waals surface area (Å²) in [6.07, 6.45) is 0. The van der Waals surface area contributed by atoms with E-state index in [1.807, 2.05) is 17.4 Å². The largest absolute Gasteiger partial charge is 0.228 e. The van der Waals surface area contributed by atoms with Crippen molar-refractivity contribution in [3.63, 3.8) is 0 Å². The van der Waals surface area contributed by atoms with Gasteiger partial charge in [0.2, 0.25) is 0 Å². The predicted molar refractivity (Wildman–Crippen MR) is 277 cm³/mol. The second-order valence-corrected chi connectivity index (χ2v) is 18.3. The quantitative estimate of drug-likeness (QED) is 0.160. The molecule has 0 aliphatic heterocycles. The molecule has 0 N–H and O–H groups in total. The molecule has 0 unspecified atom stereocenters. The molecule has 0 atom stereocenters. The molecule has 308 valence electrons. The van der Waals surface area contributed by atoms with Crippen LogP contribution >= 0.6 is 11.3 Å². The van der Waals surface area contributed by atoms with E-state index in [2.05, 4.69) is 237 Å². The minimum atomic E-state index is -0.530. The molecule has 2 aromatic heterocycles. The lowest BCUT2D eigenvalue weighted by atomic mass is 9.67. The first kappa shape index (κ1) is 38.2. The van der Waals surface area contributed by atoms with Gasteiger partial charge in [-0.1, -0.05) is 206 Å². The number of hydrogen-bond donors (Lipinski definition) is 0. The first-order valence-electron chi connectivity index (χ1n) is 22.6. The maximum Gasteiger partial charge on any atom is 0.160 e. The minimum Gasteiger partial charge on any atom is -0.228 e. The Bertz CT molecular complexity index is 3770. The lowest BCUT2D eigenvalue weighted by molar-refractivity contribution is 0.768. The predicted octanol–water partition coefficient (Wildman–Crippen LogP) is 16.7. The first-order valence-corrected chi connectivity index (χ1v) is 23.4. The van der Waals surface area contributed by atoms with Gasteiger partial charge in [-0.3, -0.25) is 0 Å². The average Bonchev–Trinajstić information content (AvgIpc) is 3.93. The van der Waals surface area contributed by atoms with Crippen LogP contribution in [0.25, 0.3) is 98.2 Å². The molecule has 2 nitrogen and oxygen atoms in total. The molecule has 0 fully saturated rings. The molecule has 0 bridgehead atoms. The normalized spacial score (nSPS) is 12.7. The summed E-state index contributed by atoms with van der Waals surface area (Å²) in [4.78, 5) is 10.9. The summed E-state index contributed by atoms with van der Waals surface area (Å²) >= 11 is 1.86. The molecule has 1 aliphatic carbocycles. The van der Waals surface area contributed by atoms with Gasteiger partial charge in [0.25, 0.3) is 0 Å². The van der Waals surface area contributed by atoms with Crippen LogP contribution in [0.5, 0.6) is 0 Å². The van der Waals surface area contributed by atoms with Crippen LogP contribution in [0.1, 0.15) is 22.3 Å². The molecule has 0 saturated heterocycles. The molecule has 10 aromatic carbocycles. The van der Waals surface area contributed by atoms with E-state index in [1.165, 1.54) is 75.5 Å². The Morgan fingerprint density at radius 3 is 1.65 bits per heavy atom. The highest BCUT2D eigenvalue weighted by Crippen LogP contribution is 2.57. The number of hydrogen-bond acceptors (Lipinski definition) is 3. The topological polar surface area (TPSA) is 25.8 Å². The molecule has 0 spiro atoms. The van der Waals surface area contributed by atoms with Gasteiger partial charge in [-0.2, -0.15) is 0 Å². The van der Waals surface area contributed by atoms with E-state index in [9.17, 15) is 0 Å². The fourth-order valence-corrected chi connectivity index (χ4v) is 11.8. The molecule has 13 rings (SSSR count).